The van der Waals surface area contributed by atoms with E-state index in [9.17, 15) is 14.4 Å². The molecule has 0 spiro atoms. The summed E-state index contributed by atoms with van der Waals surface area (Å²) >= 11 is 5.15. The molecule has 0 fully saturated rings. The fraction of sp³-hybridized carbons (Fsp3) is 0.333. The Morgan fingerprint density at radius 1 is 0.938 bits per heavy atom. The second-order valence-corrected chi connectivity index (χ2v) is 7.42. The number of thiocarbonyl (C=S) groups is 1. The van der Waals surface area contributed by atoms with Crippen molar-refractivity contribution >= 4 is 40.8 Å². The third kappa shape index (κ3) is 8.47. The number of amides is 2. The number of carbonyl (C=O) groups is 3. The third-order valence-corrected chi connectivity index (χ3v) is 4.95. The quantitative estimate of drug-likeness (QED) is 0.421. The Morgan fingerprint density at radius 2 is 1.59 bits per heavy atom. The largest absolute Gasteiger partial charge is 0.465 e. The lowest BCUT2D eigenvalue weighted by atomic mass is 10.2. The zero-order valence-corrected chi connectivity index (χ0v) is 19.2. The molecule has 0 aliphatic heterocycles. The van der Waals surface area contributed by atoms with Crippen LogP contribution in [0.5, 0.6) is 0 Å². The van der Waals surface area contributed by atoms with Gasteiger partial charge in [0.2, 0.25) is 5.91 Å². The van der Waals surface area contributed by atoms with E-state index in [0.717, 1.165) is 5.56 Å². The molecule has 0 radical (unpaired) electrons. The first kappa shape index (κ1) is 25.0. The molecule has 170 valence electrons. The van der Waals surface area contributed by atoms with Crippen molar-refractivity contribution in [2.45, 2.75) is 33.1 Å². The number of ether oxygens (including phenoxy) is 1. The van der Waals surface area contributed by atoms with Gasteiger partial charge in [0.25, 0.3) is 5.91 Å². The maximum Gasteiger partial charge on any atom is 0.306 e. The monoisotopic (exact) mass is 455 g/mol. The highest BCUT2D eigenvalue weighted by Crippen LogP contribution is 2.12. The molecule has 32 heavy (non-hydrogen) atoms. The zero-order chi connectivity index (χ0) is 23.3. The minimum Gasteiger partial charge on any atom is -0.465 e. The van der Waals surface area contributed by atoms with E-state index in [1.54, 1.807) is 29.2 Å². The van der Waals surface area contributed by atoms with Crippen molar-refractivity contribution in [1.29, 1.82) is 0 Å². The first-order valence-corrected chi connectivity index (χ1v) is 11.0. The van der Waals surface area contributed by atoms with Crippen LogP contribution < -0.4 is 10.6 Å². The number of hydrogen-bond donors (Lipinski definition) is 2. The second-order valence-electron chi connectivity index (χ2n) is 7.01. The van der Waals surface area contributed by atoms with Gasteiger partial charge in [-0.2, -0.15) is 0 Å². The van der Waals surface area contributed by atoms with E-state index in [1.807, 2.05) is 44.2 Å². The predicted molar refractivity (Wildman–Crippen MR) is 128 cm³/mol. The van der Waals surface area contributed by atoms with Crippen LogP contribution in [0.1, 0.15) is 42.6 Å². The molecule has 0 saturated carbocycles. The van der Waals surface area contributed by atoms with Gasteiger partial charge in [-0.05, 0) is 55.9 Å². The van der Waals surface area contributed by atoms with Crippen molar-refractivity contribution in [3.8, 4) is 0 Å². The first-order chi connectivity index (χ1) is 15.4. The lowest BCUT2D eigenvalue weighted by Crippen LogP contribution is -2.34. The highest BCUT2D eigenvalue weighted by molar-refractivity contribution is 7.80. The molecule has 7 nitrogen and oxygen atoms in total. The van der Waals surface area contributed by atoms with Gasteiger partial charge in [-0.15, -0.1) is 0 Å². The summed E-state index contributed by atoms with van der Waals surface area (Å²) in [5, 5.41) is 5.55. The number of hydrogen-bond acceptors (Lipinski definition) is 5. The van der Waals surface area contributed by atoms with E-state index in [0.29, 0.717) is 30.8 Å². The highest BCUT2D eigenvalue weighted by Gasteiger charge is 2.13. The van der Waals surface area contributed by atoms with E-state index < -0.39 is 5.97 Å². The maximum absolute atomic E-state index is 12.3. The zero-order valence-electron chi connectivity index (χ0n) is 18.4. The third-order valence-electron chi connectivity index (χ3n) is 4.75. The first-order valence-electron chi connectivity index (χ1n) is 10.6. The summed E-state index contributed by atoms with van der Waals surface area (Å²) in [7, 11) is 0. The number of nitrogens with zero attached hydrogens (tertiary/aromatic N) is 1. The van der Waals surface area contributed by atoms with E-state index in [-0.39, 0.29) is 36.4 Å². The molecule has 0 atom stereocenters. The van der Waals surface area contributed by atoms with Crippen LogP contribution in [-0.4, -0.2) is 47.5 Å². The molecular weight excluding hydrogens is 426 g/mol. The van der Waals surface area contributed by atoms with Crippen molar-refractivity contribution in [3.63, 3.8) is 0 Å². The van der Waals surface area contributed by atoms with E-state index in [1.165, 1.54) is 0 Å². The fourth-order valence-corrected chi connectivity index (χ4v) is 3.19. The normalized spacial score (nSPS) is 10.2. The van der Waals surface area contributed by atoms with E-state index in [2.05, 4.69) is 10.6 Å². The van der Waals surface area contributed by atoms with Crippen LogP contribution in [0.15, 0.2) is 54.6 Å². The lowest BCUT2D eigenvalue weighted by molar-refractivity contribution is -0.144. The van der Waals surface area contributed by atoms with Gasteiger partial charge in [0.05, 0.1) is 13.0 Å². The van der Waals surface area contributed by atoms with Crippen LogP contribution in [0, 0.1) is 0 Å². The molecule has 2 amide bonds. The molecule has 0 bridgehead atoms. The summed E-state index contributed by atoms with van der Waals surface area (Å²) in [5.41, 5.74) is 2.31. The minimum atomic E-state index is -0.427. The van der Waals surface area contributed by atoms with Crippen LogP contribution in [0.2, 0.25) is 0 Å². The Labute approximate surface area is 194 Å². The van der Waals surface area contributed by atoms with Crippen molar-refractivity contribution < 1.29 is 19.1 Å². The molecule has 0 saturated heterocycles. The summed E-state index contributed by atoms with van der Waals surface area (Å²) in [4.78, 5) is 37.9. The minimum absolute atomic E-state index is 0.0224. The molecule has 0 aliphatic rings. The smallest absolute Gasteiger partial charge is 0.306 e. The van der Waals surface area contributed by atoms with Gasteiger partial charge in [0.15, 0.2) is 5.11 Å². The Bertz CT molecular complexity index is 913. The van der Waals surface area contributed by atoms with Gasteiger partial charge in [-0.1, -0.05) is 30.3 Å². The van der Waals surface area contributed by atoms with Crippen LogP contribution in [-0.2, 0) is 20.7 Å². The summed E-state index contributed by atoms with van der Waals surface area (Å²) in [5.74, 6) is -0.840. The molecule has 2 aromatic carbocycles. The van der Waals surface area contributed by atoms with Crippen molar-refractivity contribution in [2.24, 2.45) is 0 Å². The molecule has 2 aromatic rings. The maximum atomic E-state index is 12.3. The summed E-state index contributed by atoms with van der Waals surface area (Å²) in [6.45, 7) is 5.43. The molecule has 0 heterocycles. The number of carbonyl (C=O) groups excluding carboxylic acids is 3. The second kappa shape index (κ2) is 13.2. The van der Waals surface area contributed by atoms with E-state index >= 15 is 0 Å². The molecule has 0 unspecified atom stereocenters. The van der Waals surface area contributed by atoms with Crippen molar-refractivity contribution in [2.75, 3.05) is 25.0 Å². The predicted octanol–water partition coefficient (Wildman–Crippen LogP) is 3.55. The number of esters is 1. The van der Waals surface area contributed by atoms with Crippen molar-refractivity contribution in [3.05, 3.63) is 65.7 Å². The summed E-state index contributed by atoms with van der Waals surface area (Å²) in [6.07, 6.45) is 0.584. The Morgan fingerprint density at radius 3 is 2.22 bits per heavy atom. The Kier molecular flexibility index (Phi) is 10.3. The summed E-state index contributed by atoms with van der Waals surface area (Å²) in [6, 6.07) is 16.6. The van der Waals surface area contributed by atoms with E-state index in [4.69, 9.17) is 17.0 Å². The highest BCUT2D eigenvalue weighted by atomic mass is 32.1. The number of benzene rings is 2. The molecule has 2 rings (SSSR count). The van der Waals surface area contributed by atoms with Gasteiger partial charge >= 0.3 is 5.97 Å². The topological polar surface area (TPSA) is 87.7 Å². The van der Waals surface area contributed by atoms with Crippen LogP contribution in [0.25, 0.3) is 0 Å². The molecule has 0 aromatic heterocycles. The Hall–Kier alpha value is -3.26. The molecular formula is C24H29N3O4S. The standard InChI is InChI=1S/C24H29N3O4S/c1-3-27(4-2)23(30)19-10-12-20(13-11-19)25-24(32)26-21(28)14-15-22(29)31-17-16-18-8-6-5-7-9-18/h5-13H,3-4,14-17H2,1-2H3,(H2,25,26,28,32). The van der Waals surface area contributed by atoms with Crippen LogP contribution in [0.4, 0.5) is 5.69 Å². The number of rotatable bonds is 10. The van der Waals surface area contributed by atoms with Crippen molar-refractivity contribution in [1.82, 2.24) is 10.2 Å². The number of nitrogens with one attached hydrogen (secondary N) is 2. The molecule has 2 N–H and O–H groups in total. The Balaban J connectivity index is 1.69. The number of anilines is 1. The lowest BCUT2D eigenvalue weighted by Gasteiger charge is -2.18. The van der Waals surface area contributed by atoms with Gasteiger partial charge in [0.1, 0.15) is 0 Å². The fourth-order valence-electron chi connectivity index (χ4n) is 2.96. The average molecular weight is 456 g/mol. The van der Waals surface area contributed by atoms with Gasteiger partial charge in [0, 0.05) is 37.2 Å². The van der Waals surface area contributed by atoms with Crippen LogP contribution in [0.3, 0.4) is 0 Å². The van der Waals surface area contributed by atoms with Gasteiger partial charge in [-0.25, -0.2) is 0 Å². The van der Waals surface area contributed by atoms with Crippen LogP contribution >= 0.6 is 12.2 Å². The SMILES string of the molecule is CCN(CC)C(=O)c1ccc(NC(=S)NC(=O)CCC(=O)OCCc2ccccc2)cc1. The van der Waals surface area contributed by atoms with Gasteiger partial charge in [-0.3, -0.25) is 14.4 Å². The molecule has 0 aliphatic carbocycles. The average Bonchev–Trinajstić information content (AvgIpc) is 2.79. The summed E-state index contributed by atoms with van der Waals surface area (Å²) < 4.78 is 5.16. The van der Waals surface area contributed by atoms with Gasteiger partial charge < -0.3 is 20.3 Å². The molecule has 8 heteroatoms.